The molecule has 0 spiro atoms. The van der Waals surface area contributed by atoms with Crippen molar-refractivity contribution in [3.05, 3.63) is 77.1 Å². The third-order valence-electron chi connectivity index (χ3n) is 5.12. The van der Waals surface area contributed by atoms with Crippen LogP contribution < -0.4 is 5.32 Å². The summed E-state index contributed by atoms with van der Waals surface area (Å²) in [5.74, 6) is -0.345. The number of rotatable bonds is 5. The van der Waals surface area contributed by atoms with Gasteiger partial charge in [-0.25, -0.2) is 0 Å². The van der Waals surface area contributed by atoms with E-state index in [0.29, 0.717) is 12.1 Å². The van der Waals surface area contributed by atoms with Crippen molar-refractivity contribution in [1.82, 2.24) is 15.2 Å². The maximum absolute atomic E-state index is 12.7. The molecule has 1 aliphatic rings. The Morgan fingerprint density at radius 1 is 1.04 bits per heavy atom. The molecule has 5 heteroatoms. The Kier molecular flexibility index (Phi) is 4.59. The van der Waals surface area contributed by atoms with Crippen LogP contribution in [-0.2, 0) is 24.2 Å². The third kappa shape index (κ3) is 3.40. The van der Waals surface area contributed by atoms with Crippen LogP contribution in [0.3, 0.4) is 0 Å². The standard InChI is InChI=1S/C22H21N3O2/c1-25(14-15-9-11-23-12-10-15)20(26)13-24-22(27)19-8-7-17-6-5-16-3-2-4-18(19)21(16)17/h2-4,7-12H,5-6,13-14H2,1H3,(H,24,27). The number of likely N-dealkylation sites (N-methyl/N-ethyl adjacent to an activating group) is 1. The minimum Gasteiger partial charge on any atom is -0.343 e. The van der Waals surface area contributed by atoms with E-state index in [0.717, 1.165) is 23.8 Å². The van der Waals surface area contributed by atoms with Crippen LogP contribution in [0.1, 0.15) is 27.0 Å². The van der Waals surface area contributed by atoms with E-state index in [1.165, 1.54) is 16.5 Å². The van der Waals surface area contributed by atoms with E-state index < -0.39 is 0 Å². The molecule has 4 rings (SSSR count). The van der Waals surface area contributed by atoms with Crippen molar-refractivity contribution in [2.45, 2.75) is 19.4 Å². The van der Waals surface area contributed by atoms with Gasteiger partial charge in [-0.1, -0.05) is 24.3 Å². The molecule has 0 bridgehead atoms. The van der Waals surface area contributed by atoms with E-state index in [2.05, 4.69) is 16.4 Å². The number of aromatic nitrogens is 1. The van der Waals surface area contributed by atoms with Gasteiger partial charge in [-0.05, 0) is 58.5 Å². The highest BCUT2D eigenvalue weighted by molar-refractivity contribution is 6.09. The van der Waals surface area contributed by atoms with Crippen molar-refractivity contribution in [2.75, 3.05) is 13.6 Å². The molecule has 27 heavy (non-hydrogen) atoms. The fourth-order valence-corrected chi connectivity index (χ4v) is 3.68. The van der Waals surface area contributed by atoms with Crippen LogP contribution in [0.25, 0.3) is 10.8 Å². The molecular formula is C22H21N3O2. The molecular weight excluding hydrogens is 338 g/mol. The average Bonchev–Trinajstić information content (AvgIpc) is 3.12. The molecule has 1 heterocycles. The maximum Gasteiger partial charge on any atom is 0.252 e. The molecule has 0 aliphatic heterocycles. The first-order chi connectivity index (χ1) is 13.1. The first-order valence-electron chi connectivity index (χ1n) is 9.08. The third-order valence-corrected chi connectivity index (χ3v) is 5.12. The minimum absolute atomic E-state index is 0.0245. The number of hydrogen-bond acceptors (Lipinski definition) is 3. The first-order valence-corrected chi connectivity index (χ1v) is 9.08. The SMILES string of the molecule is CN(Cc1ccncc1)C(=O)CNC(=O)c1ccc2c3c(cccc13)CC2. The largest absolute Gasteiger partial charge is 0.343 e. The molecule has 0 saturated heterocycles. The van der Waals surface area contributed by atoms with Crippen molar-refractivity contribution in [2.24, 2.45) is 0 Å². The summed E-state index contributed by atoms with van der Waals surface area (Å²) in [6, 6.07) is 13.7. The van der Waals surface area contributed by atoms with Gasteiger partial charge >= 0.3 is 0 Å². The van der Waals surface area contributed by atoms with Gasteiger partial charge in [-0.2, -0.15) is 0 Å². The van der Waals surface area contributed by atoms with Gasteiger partial charge in [0.25, 0.3) is 5.91 Å². The van der Waals surface area contributed by atoms with Crippen LogP contribution in [0, 0.1) is 0 Å². The molecule has 2 aromatic carbocycles. The molecule has 2 amide bonds. The zero-order valence-corrected chi connectivity index (χ0v) is 15.2. The number of nitrogens with zero attached hydrogens (tertiary/aromatic N) is 2. The summed E-state index contributed by atoms with van der Waals surface area (Å²) in [6.07, 6.45) is 5.45. The molecule has 1 N–H and O–H groups in total. The van der Waals surface area contributed by atoms with E-state index in [9.17, 15) is 9.59 Å². The number of pyridine rings is 1. The number of amides is 2. The number of carbonyl (C=O) groups excluding carboxylic acids is 2. The summed E-state index contributed by atoms with van der Waals surface area (Å²) in [5.41, 5.74) is 4.22. The second-order valence-electron chi connectivity index (χ2n) is 6.90. The highest BCUT2D eigenvalue weighted by Gasteiger charge is 2.19. The molecule has 1 aromatic heterocycles. The van der Waals surface area contributed by atoms with Gasteiger partial charge in [-0.15, -0.1) is 0 Å². The van der Waals surface area contributed by atoms with Gasteiger partial charge in [0.1, 0.15) is 0 Å². The fraction of sp³-hybridized carbons (Fsp3) is 0.227. The zero-order chi connectivity index (χ0) is 18.8. The highest BCUT2D eigenvalue weighted by atomic mass is 16.2. The van der Waals surface area contributed by atoms with E-state index in [-0.39, 0.29) is 18.4 Å². The van der Waals surface area contributed by atoms with Crippen LogP contribution in [0.5, 0.6) is 0 Å². The van der Waals surface area contributed by atoms with Crippen molar-refractivity contribution in [3.63, 3.8) is 0 Å². The average molecular weight is 359 g/mol. The Morgan fingerprint density at radius 3 is 2.56 bits per heavy atom. The molecule has 0 saturated carbocycles. The second kappa shape index (κ2) is 7.19. The van der Waals surface area contributed by atoms with Crippen molar-refractivity contribution < 1.29 is 9.59 Å². The van der Waals surface area contributed by atoms with Crippen molar-refractivity contribution >= 4 is 22.6 Å². The Hall–Kier alpha value is -3.21. The number of nitrogens with one attached hydrogen (secondary N) is 1. The molecule has 0 atom stereocenters. The van der Waals surface area contributed by atoms with Crippen LogP contribution >= 0.6 is 0 Å². The van der Waals surface area contributed by atoms with Gasteiger partial charge in [0.05, 0.1) is 6.54 Å². The summed E-state index contributed by atoms with van der Waals surface area (Å²) >= 11 is 0. The molecule has 136 valence electrons. The lowest BCUT2D eigenvalue weighted by Crippen LogP contribution is -2.37. The second-order valence-corrected chi connectivity index (χ2v) is 6.90. The van der Waals surface area contributed by atoms with Crippen molar-refractivity contribution in [1.29, 1.82) is 0 Å². The zero-order valence-electron chi connectivity index (χ0n) is 15.2. The normalized spacial score (nSPS) is 12.2. The Morgan fingerprint density at radius 2 is 1.78 bits per heavy atom. The molecule has 0 fully saturated rings. The number of aryl methyl sites for hydroxylation is 2. The summed E-state index contributed by atoms with van der Waals surface area (Å²) in [6.45, 7) is 0.460. The predicted octanol–water partition coefficient (Wildman–Crippen LogP) is 2.72. The highest BCUT2D eigenvalue weighted by Crippen LogP contribution is 2.32. The number of carbonyl (C=O) groups is 2. The van der Waals surface area contributed by atoms with E-state index >= 15 is 0 Å². The lowest BCUT2D eigenvalue weighted by atomic mass is 9.99. The molecule has 5 nitrogen and oxygen atoms in total. The Balaban J connectivity index is 1.44. The lowest BCUT2D eigenvalue weighted by molar-refractivity contribution is -0.129. The summed E-state index contributed by atoms with van der Waals surface area (Å²) in [5, 5.41) is 4.94. The first kappa shape index (κ1) is 17.2. The fourth-order valence-electron chi connectivity index (χ4n) is 3.68. The molecule has 3 aromatic rings. The summed E-state index contributed by atoms with van der Waals surface area (Å²) in [4.78, 5) is 30.6. The number of benzene rings is 2. The maximum atomic E-state index is 12.7. The molecule has 1 aliphatic carbocycles. The van der Waals surface area contributed by atoms with E-state index in [1.807, 2.05) is 36.4 Å². The predicted molar refractivity (Wildman–Crippen MR) is 104 cm³/mol. The summed E-state index contributed by atoms with van der Waals surface area (Å²) < 4.78 is 0. The topological polar surface area (TPSA) is 62.3 Å². The Bertz CT molecular complexity index is 1000. The number of hydrogen-bond donors (Lipinski definition) is 1. The van der Waals surface area contributed by atoms with E-state index in [1.54, 1.807) is 24.3 Å². The van der Waals surface area contributed by atoms with Crippen LogP contribution in [-0.4, -0.2) is 35.3 Å². The van der Waals surface area contributed by atoms with Gasteiger partial charge in [-0.3, -0.25) is 14.6 Å². The summed E-state index contributed by atoms with van der Waals surface area (Å²) in [7, 11) is 1.73. The van der Waals surface area contributed by atoms with Gasteiger partial charge < -0.3 is 10.2 Å². The minimum atomic E-state index is -0.212. The lowest BCUT2D eigenvalue weighted by Gasteiger charge is -2.17. The van der Waals surface area contributed by atoms with Gasteiger partial charge in [0.2, 0.25) is 5.91 Å². The smallest absolute Gasteiger partial charge is 0.252 e. The quantitative estimate of drug-likeness (QED) is 0.762. The monoisotopic (exact) mass is 359 g/mol. The van der Waals surface area contributed by atoms with E-state index in [4.69, 9.17) is 0 Å². The molecule has 0 unspecified atom stereocenters. The van der Waals surface area contributed by atoms with Crippen LogP contribution in [0.2, 0.25) is 0 Å². The van der Waals surface area contributed by atoms with Crippen LogP contribution in [0.15, 0.2) is 54.9 Å². The van der Waals surface area contributed by atoms with Gasteiger partial charge in [0.15, 0.2) is 0 Å². The van der Waals surface area contributed by atoms with Gasteiger partial charge in [0, 0.05) is 31.5 Å². The van der Waals surface area contributed by atoms with Crippen LogP contribution in [0.4, 0.5) is 0 Å². The van der Waals surface area contributed by atoms with Crippen molar-refractivity contribution in [3.8, 4) is 0 Å². The Labute approximate surface area is 158 Å². The molecule has 0 radical (unpaired) electrons.